The highest BCUT2D eigenvalue weighted by Gasteiger charge is 2.38. The lowest BCUT2D eigenvalue weighted by Crippen LogP contribution is -2.49. The van der Waals surface area contributed by atoms with Crippen LogP contribution in [0.3, 0.4) is 0 Å². The first-order valence-corrected chi connectivity index (χ1v) is 7.56. The van der Waals surface area contributed by atoms with E-state index < -0.39 is 0 Å². The number of piperidine rings is 1. The van der Waals surface area contributed by atoms with Crippen LogP contribution < -0.4 is 10.6 Å². The SMILES string of the molecule is CCCC1(C(=O)NCC(C)(C)CCO)CCNCC1. The van der Waals surface area contributed by atoms with E-state index in [2.05, 4.69) is 31.4 Å². The third-order valence-corrected chi connectivity index (χ3v) is 4.29. The number of rotatable bonds is 7. The lowest BCUT2D eigenvalue weighted by molar-refractivity contribution is -0.133. The summed E-state index contributed by atoms with van der Waals surface area (Å²) in [6.45, 7) is 9.00. The lowest BCUT2D eigenvalue weighted by atomic mass is 9.74. The third kappa shape index (κ3) is 4.77. The van der Waals surface area contributed by atoms with Crippen LogP contribution >= 0.6 is 0 Å². The molecule has 19 heavy (non-hydrogen) atoms. The minimum Gasteiger partial charge on any atom is -0.396 e. The molecule has 0 aliphatic carbocycles. The van der Waals surface area contributed by atoms with Crippen LogP contribution in [0, 0.1) is 10.8 Å². The summed E-state index contributed by atoms with van der Waals surface area (Å²) in [5, 5.41) is 15.5. The molecule has 0 atom stereocenters. The Bertz CT molecular complexity index is 278. The Labute approximate surface area is 117 Å². The minimum atomic E-state index is -0.171. The molecule has 112 valence electrons. The summed E-state index contributed by atoms with van der Waals surface area (Å²) >= 11 is 0. The van der Waals surface area contributed by atoms with Gasteiger partial charge >= 0.3 is 0 Å². The van der Waals surface area contributed by atoms with E-state index in [-0.39, 0.29) is 23.3 Å². The molecule has 1 fully saturated rings. The van der Waals surface area contributed by atoms with Crippen LogP contribution in [0.1, 0.15) is 52.9 Å². The number of carbonyl (C=O) groups excluding carboxylic acids is 1. The van der Waals surface area contributed by atoms with Crippen molar-refractivity contribution >= 4 is 5.91 Å². The van der Waals surface area contributed by atoms with Crippen molar-refractivity contribution in [2.45, 2.75) is 52.9 Å². The summed E-state index contributed by atoms with van der Waals surface area (Å²) in [7, 11) is 0. The number of carbonyl (C=O) groups is 1. The van der Waals surface area contributed by atoms with Crippen molar-refractivity contribution in [1.82, 2.24) is 10.6 Å². The van der Waals surface area contributed by atoms with Gasteiger partial charge in [0.15, 0.2) is 0 Å². The van der Waals surface area contributed by atoms with Gasteiger partial charge in [-0.15, -0.1) is 0 Å². The van der Waals surface area contributed by atoms with Gasteiger partial charge in [0.2, 0.25) is 5.91 Å². The smallest absolute Gasteiger partial charge is 0.226 e. The molecule has 0 radical (unpaired) electrons. The highest BCUT2D eigenvalue weighted by Crippen LogP contribution is 2.34. The van der Waals surface area contributed by atoms with Gasteiger partial charge in [-0.1, -0.05) is 27.2 Å². The van der Waals surface area contributed by atoms with Gasteiger partial charge in [-0.3, -0.25) is 4.79 Å². The topological polar surface area (TPSA) is 61.4 Å². The number of hydrogen-bond acceptors (Lipinski definition) is 3. The molecule has 0 aromatic carbocycles. The standard InChI is InChI=1S/C15H30N2O2/c1-4-5-15(6-9-16-10-7-15)13(19)17-12-14(2,3)8-11-18/h16,18H,4-12H2,1-3H3,(H,17,19). The maximum atomic E-state index is 12.6. The summed E-state index contributed by atoms with van der Waals surface area (Å²) in [5.41, 5.74) is -0.208. The zero-order valence-corrected chi connectivity index (χ0v) is 12.7. The average Bonchev–Trinajstić information content (AvgIpc) is 2.37. The molecule has 3 N–H and O–H groups in total. The second-order valence-electron chi connectivity index (χ2n) is 6.60. The van der Waals surface area contributed by atoms with Gasteiger partial charge in [0.25, 0.3) is 0 Å². The number of aliphatic hydroxyl groups is 1. The monoisotopic (exact) mass is 270 g/mol. The van der Waals surface area contributed by atoms with Gasteiger partial charge in [0.1, 0.15) is 0 Å². The molecule has 0 saturated carbocycles. The predicted octanol–water partition coefficient (Wildman–Crippen LogP) is 1.68. The van der Waals surface area contributed by atoms with Crippen LogP contribution in [-0.2, 0) is 4.79 Å². The third-order valence-electron chi connectivity index (χ3n) is 4.29. The zero-order chi connectivity index (χ0) is 14.4. The molecule has 0 unspecified atom stereocenters. The van der Waals surface area contributed by atoms with Crippen LogP contribution in [0.2, 0.25) is 0 Å². The van der Waals surface area contributed by atoms with Crippen LogP contribution in [0.5, 0.6) is 0 Å². The van der Waals surface area contributed by atoms with E-state index in [4.69, 9.17) is 5.11 Å². The van der Waals surface area contributed by atoms with Crippen molar-refractivity contribution in [3.05, 3.63) is 0 Å². The van der Waals surface area contributed by atoms with Crippen molar-refractivity contribution < 1.29 is 9.90 Å². The van der Waals surface area contributed by atoms with Crippen molar-refractivity contribution in [1.29, 1.82) is 0 Å². The van der Waals surface area contributed by atoms with Crippen molar-refractivity contribution in [3.8, 4) is 0 Å². The van der Waals surface area contributed by atoms with Crippen molar-refractivity contribution in [2.24, 2.45) is 10.8 Å². The lowest BCUT2D eigenvalue weighted by Gasteiger charge is -2.37. The summed E-state index contributed by atoms with van der Waals surface area (Å²) < 4.78 is 0. The molecule has 4 nitrogen and oxygen atoms in total. The van der Waals surface area contributed by atoms with E-state index in [0.717, 1.165) is 45.2 Å². The van der Waals surface area contributed by atoms with E-state index in [1.54, 1.807) is 0 Å². The fraction of sp³-hybridized carbons (Fsp3) is 0.933. The van der Waals surface area contributed by atoms with Gasteiger partial charge in [-0.2, -0.15) is 0 Å². The van der Waals surface area contributed by atoms with Gasteiger partial charge in [-0.05, 0) is 44.2 Å². The van der Waals surface area contributed by atoms with Crippen molar-refractivity contribution in [2.75, 3.05) is 26.2 Å². The molecular formula is C15H30N2O2. The Morgan fingerprint density at radius 2 is 2.00 bits per heavy atom. The molecule has 1 amide bonds. The minimum absolute atomic E-state index is 0.0370. The largest absolute Gasteiger partial charge is 0.396 e. The van der Waals surface area contributed by atoms with Crippen LogP contribution in [0.15, 0.2) is 0 Å². The molecule has 1 aliphatic heterocycles. The Morgan fingerprint density at radius 1 is 1.37 bits per heavy atom. The Morgan fingerprint density at radius 3 is 2.53 bits per heavy atom. The maximum Gasteiger partial charge on any atom is 0.226 e. The van der Waals surface area contributed by atoms with Crippen molar-refractivity contribution in [3.63, 3.8) is 0 Å². The van der Waals surface area contributed by atoms with E-state index in [1.165, 1.54) is 0 Å². The number of amides is 1. The summed E-state index contributed by atoms with van der Waals surface area (Å²) in [5.74, 6) is 0.210. The van der Waals surface area contributed by atoms with Gasteiger partial charge in [0, 0.05) is 13.2 Å². The normalized spacial score (nSPS) is 19.2. The second-order valence-corrected chi connectivity index (χ2v) is 6.60. The quantitative estimate of drug-likeness (QED) is 0.659. The number of hydrogen-bond donors (Lipinski definition) is 3. The molecule has 0 bridgehead atoms. The number of aliphatic hydroxyl groups excluding tert-OH is 1. The van der Waals surface area contributed by atoms with Gasteiger partial charge < -0.3 is 15.7 Å². The summed E-state index contributed by atoms with van der Waals surface area (Å²) in [4.78, 5) is 12.6. The molecule has 1 rings (SSSR count). The summed E-state index contributed by atoms with van der Waals surface area (Å²) in [6, 6.07) is 0. The van der Waals surface area contributed by atoms with Crippen LogP contribution in [0.4, 0.5) is 0 Å². The highest BCUT2D eigenvalue weighted by molar-refractivity contribution is 5.82. The summed E-state index contributed by atoms with van der Waals surface area (Å²) in [6.07, 6.45) is 4.62. The molecule has 1 heterocycles. The van der Waals surface area contributed by atoms with E-state index in [9.17, 15) is 4.79 Å². The van der Waals surface area contributed by atoms with Crippen LogP contribution in [0.25, 0.3) is 0 Å². The Hall–Kier alpha value is -0.610. The molecular weight excluding hydrogens is 240 g/mol. The molecule has 4 heteroatoms. The highest BCUT2D eigenvalue weighted by atomic mass is 16.3. The van der Waals surface area contributed by atoms with E-state index >= 15 is 0 Å². The van der Waals surface area contributed by atoms with Crippen LogP contribution in [-0.4, -0.2) is 37.3 Å². The first-order chi connectivity index (χ1) is 8.96. The maximum absolute atomic E-state index is 12.6. The fourth-order valence-corrected chi connectivity index (χ4v) is 2.87. The van der Waals surface area contributed by atoms with Gasteiger partial charge in [-0.25, -0.2) is 0 Å². The Balaban J connectivity index is 2.57. The van der Waals surface area contributed by atoms with E-state index in [0.29, 0.717) is 6.54 Å². The Kier molecular flexibility index (Phi) is 6.27. The zero-order valence-electron chi connectivity index (χ0n) is 12.7. The predicted molar refractivity (Wildman–Crippen MR) is 77.9 cm³/mol. The molecule has 0 spiro atoms. The van der Waals surface area contributed by atoms with E-state index in [1.807, 2.05) is 0 Å². The molecule has 0 aromatic rings. The first kappa shape index (κ1) is 16.4. The molecule has 1 aliphatic rings. The fourth-order valence-electron chi connectivity index (χ4n) is 2.87. The number of nitrogens with one attached hydrogen (secondary N) is 2. The molecule has 0 aromatic heterocycles. The first-order valence-electron chi connectivity index (χ1n) is 7.56. The second kappa shape index (κ2) is 7.25. The van der Waals surface area contributed by atoms with Gasteiger partial charge in [0.05, 0.1) is 5.41 Å². The molecule has 1 saturated heterocycles. The average molecular weight is 270 g/mol.